The second kappa shape index (κ2) is 16.0. The highest BCUT2D eigenvalue weighted by molar-refractivity contribution is 5.74. The van der Waals surface area contributed by atoms with Gasteiger partial charge < -0.3 is 31.3 Å². The maximum Gasteiger partial charge on any atom is 0.323 e. The summed E-state index contributed by atoms with van der Waals surface area (Å²) >= 11 is 0. The van der Waals surface area contributed by atoms with E-state index >= 15 is 0 Å². The molecule has 0 heterocycles. The first-order chi connectivity index (χ1) is 12.8. The van der Waals surface area contributed by atoms with Gasteiger partial charge in [-0.1, -0.05) is 64.0 Å². The normalized spacial score (nSPS) is 17.6. The van der Waals surface area contributed by atoms with Crippen LogP contribution >= 0.6 is 0 Å². The topological polar surface area (TPSA) is 144 Å². The number of rotatable bonds is 17. The van der Waals surface area contributed by atoms with E-state index in [-0.39, 0.29) is 6.10 Å². The van der Waals surface area contributed by atoms with Gasteiger partial charge in [-0.15, -0.1) is 0 Å². The van der Waals surface area contributed by atoms with Crippen molar-refractivity contribution in [1.82, 2.24) is 0 Å². The van der Waals surface area contributed by atoms with Gasteiger partial charge in [-0.25, -0.2) is 0 Å². The van der Waals surface area contributed by atoms with Crippen LogP contribution in [0.3, 0.4) is 0 Å². The molecule has 27 heavy (non-hydrogen) atoms. The van der Waals surface area contributed by atoms with Crippen molar-refractivity contribution < 1.29 is 30.3 Å². The minimum Gasteiger partial charge on any atom is -0.480 e. The van der Waals surface area contributed by atoms with Gasteiger partial charge in [0.2, 0.25) is 0 Å². The lowest BCUT2D eigenvalue weighted by Gasteiger charge is -2.23. The van der Waals surface area contributed by atoms with Crippen molar-refractivity contribution in [3.8, 4) is 0 Å². The van der Waals surface area contributed by atoms with Gasteiger partial charge in [-0.3, -0.25) is 4.79 Å². The number of hydrogen-bond acceptors (Lipinski definition) is 6. The summed E-state index contributed by atoms with van der Waals surface area (Å²) in [5.74, 6) is -1.44. The summed E-state index contributed by atoms with van der Waals surface area (Å²) in [7, 11) is 0. The number of carboxylic acid groups (broad SMARTS) is 1. The standard InChI is InChI=1S/C20H39NO6/c1-2-3-4-9-12-15(22)13-10-7-5-6-8-11-14-16(23)18(24)19(25)17(21)20(26)27/h11,14-19,22-25H,2-10,12-13,21H2,1H3,(H,26,27)/b14-11+/t15?,16-,17+,18+,19+/m1/s1. The Balaban J connectivity index is 3.75. The van der Waals surface area contributed by atoms with E-state index in [0.717, 1.165) is 44.9 Å². The Morgan fingerprint density at radius 3 is 2.00 bits per heavy atom. The minimum absolute atomic E-state index is 0.193. The molecular weight excluding hydrogens is 350 g/mol. The monoisotopic (exact) mass is 389 g/mol. The summed E-state index contributed by atoms with van der Waals surface area (Å²) < 4.78 is 0. The Bertz CT molecular complexity index is 404. The number of unbranched alkanes of at least 4 members (excludes halogenated alkanes) is 7. The zero-order valence-electron chi connectivity index (χ0n) is 16.5. The van der Waals surface area contributed by atoms with Crippen LogP contribution in [0.2, 0.25) is 0 Å². The van der Waals surface area contributed by atoms with Gasteiger partial charge in [0.1, 0.15) is 24.4 Å². The zero-order valence-corrected chi connectivity index (χ0v) is 16.5. The van der Waals surface area contributed by atoms with Crippen molar-refractivity contribution in [1.29, 1.82) is 0 Å². The van der Waals surface area contributed by atoms with Crippen LogP contribution in [0.5, 0.6) is 0 Å². The second-order valence-electron chi connectivity index (χ2n) is 7.26. The lowest BCUT2D eigenvalue weighted by molar-refractivity contribution is -0.145. The molecule has 0 saturated carbocycles. The predicted molar refractivity (Wildman–Crippen MR) is 105 cm³/mol. The molecule has 0 fully saturated rings. The molecule has 5 atom stereocenters. The lowest BCUT2D eigenvalue weighted by atomic mass is 10.0. The number of aliphatic hydroxyl groups excluding tert-OH is 4. The quantitative estimate of drug-likeness (QED) is 0.164. The molecule has 1 unspecified atom stereocenters. The summed E-state index contributed by atoms with van der Waals surface area (Å²) in [5, 5.41) is 47.6. The summed E-state index contributed by atoms with van der Waals surface area (Å²) in [5.41, 5.74) is 5.22. The Morgan fingerprint density at radius 1 is 0.889 bits per heavy atom. The fourth-order valence-corrected chi connectivity index (χ4v) is 2.86. The first-order valence-electron chi connectivity index (χ1n) is 10.2. The molecule has 7 nitrogen and oxygen atoms in total. The van der Waals surface area contributed by atoms with Crippen LogP contribution in [0, 0.1) is 0 Å². The molecule has 0 rings (SSSR count). The largest absolute Gasteiger partial charge is 0.480 e. The number of aliphatic carboxylic acids is 1. The molecule has 160 valence electrons. The molecule has 0 aromatic heterocycles. The van der Waals surface area contributed by atoms with Crippen LogP contribution in [-0.2, 0) is 4.79 Å². The molecule has 0 aromatic carbocycles. The molecule has 0 aromatic rings. The second-order valence-corrected chi connectivity index (χ2v) is 7.26. The highest BCUT2D eigenvalue weighted by atomic mass is 16.4. The molecule has 0 aliphatic carbocycles. The molecule has 0 spiro atoms. The van der Waals surface area contributed by atoms with Gasteiger partial charge in [0.25, 0.3) is 0 Å². The number of nitrogens with two attached hydrogens (primary N) is 1. The van der Waals surface area contributed by atoms with E-state index in [1.165, 1.54) is 25.3 Å². The average Bonchev–Trinajstić information content (AvgIpc) is 2.65. The maximum atomic E-state index is 10.7. The van der Waals surface area contributed by atoms with E-state index in [0.29, 0.717) is 6.42 Å². The summed E-state index contributed by atoms with van der Waals surface area (Å²) in [6, 6.07) is -1.65. The Labute approximate surface area is 162 Å². The zero-order chi connectivity index (χ0) is 20.7. The Kier molecular flexibility index (Phi) is 15.4. The van der Waals surface area contributed by atoms with Crippen LogP contribution in [0.1, 0.15) is 77.6 Å². The van der Waals surface area contributed by atoms with Crippen molar-refractivity contribution in [2.45, 2.75) is 108 Å². The highest BCUT2D eigenvalue weighted by Gasteiger charge is 2.32. The van der Waals surface area contributed by atoms with E-state index in [1.807, 2.05) is 0 Å². The van der Waals surface area contributed by atoms with Crippen LogP contribution < -0.4 is 5.73 Å². The van der Waals surface area contributed by atoms with E-state index in [2.05, 4.69) is 6.92 Å². The molecule has 0 amide bonds. The van der Waals surface area contributed by atoms with Gasteiger partial charge in [-0.2, -0.15) is 0 Å². The van der Waals surface area contributed by atoms with Crippen molar-refractivity contribution in [2.75, 3.05) is 0 Å². The third-order valence-electron chi connectivity index (χ3n) is 4.74. The van der Waals surface area contributed by atoms with Gasteiger partial charge >= 0.3 is 5.97 Å². The van der Waals surface area contributed by atoms with Gasteiger partial charge in [0, 0.05) is 0 Å². The van der Waals surface area contributed by atoms with Crippen LogP contribution in [0.25, 0.3) is 0 Å². The molecular formula is C20H39NO6. The summed E-state index contributed by atoms with van der Waals surface area (Å²) in [4.78, 5) is 10.7. The van der Waals surface area contributed by atoms with Crippen molar-refractivity contribution in [3.63, 3.8) is 0 Å². The summed E-state index contributed by atoms with van der Waals surface area (Å²) in [6.07, 6.45) is 9.25. The Morgan fingerprint density at radius 2 is 1.44 bits per heavy atom. The number of hydrogen-bond donors (Lipinski definition) is 6. The van der Waals surface area contributed by atoms with Gasteiger partial charge in [0.15, 0.2) is 0 Å². The molecule has 7 N–H and O–H groups in total. The average molecular weight is 390 g/mol. The van der Waals surface area contributed by atoms with Crippen LogP contribution in [0.4, 0.5) is 0 Å². The van der Waals surface area contributed by atoms with Gasteiger partial charge in [0.05, 0.1) is 6.10 Å². The van der Waals surface area contributed by atoms with Crippen molar-refractivity contribution in [3.05, 3.63) is 12.2 Å². The molecule has 0 bridgehead atoms. The van der Waals surface area contributed by atoms with Crippen molar-refractivity contribution >= 4 is 5.97 Å². The van der Waals surface area contributed by atoms with Gasteiger partial charge in [-0.05, 0) is 25.7 Å². The summed E-state index contributed by atoms with van der Waals surface area (Å²) in [6.45, 7) is 2.17. The smallest absolute Gasteiger partial charge is 0.323 e. The van der Waals surface area contributed by atoms with E-state index < -0.39 is 30.3 Å². The number of carboxylic acids is 1. The molecule has 0 saturated heterocycles. The molecule has 0 aliphatic rings. The SMILES string of the molecule is CCCCCCC(O)CCCCCC/C=C/[C@@H](O)[C@H](O)[C@@H](O)[C@H](N)C(=O)O. The number of allylic oxidation sites excluding steroid dienone is 1. The fraction of sp³-hybridized carbons (Fsp3) is 0.850. The maximum absolute atomic E-state index is 10.7. The third kappa shape index (κ3) is 12.9. The molecule has 0 radical (unpaired) electrons. The Hall–Kier alpha value is -0.990. The minimum atomic E-state index is -1.74. The van der Waals surface area contributed by atoms with Crippen LogP contribution in [-0.4, -0.2) is 62.0 Å². The molecule has 7 heteroatoms. The number of aliphatic hydroxyl groups is 4. The third-order valence-corrected chi connectivity index (χ3v) is 4.74. The molecule has 0 aliphatic heterocycles. The first kappa shape index (κ1) is 26.0. The highest BCUT2D eigenvalue weighted by Crippen LogP contribution is 2.13. The van der Waals surface area contributed by atoms with E-state index in [9.17, 15) is 25.2 Å². The predicted octanol–water partition coefficient (Wildman–Crippen LogP) is 1.71. The first-order valence-corrected chi connectivity index (χ1v) is 10.2. The van der Waals surface area contributed by atoms with E-state index in [4.69, 9.17) is 10.8 Å². The van der Waals surface area contributed by atoms with E-state index in [1.54, 1.807) is 6.08 Å². The van der Waals surface area contributed by atoms with Crippen LogP contribution in [0.15, 0.2) is 12.2 Å². The lowest BCUT2D eigenvalue weighted by Crippen LogP contribution is -2.51. The fourth-order valence-electron chi connectivity index (χ4n) is 2.86. The number of carbonyl (C=O) groups is 1. The van der Waals surface area contributed by atoms with Crippen molar-refractivity contribution in [2.24, 2.45) is 5.73 Å².